The van der Waals surface area contributed by atoms with Crippen LogP contribution in [0.3, 0.4) is 0 Å². The van der Waals surface area contributed by atoms with Crippen molar-refractivity contribution < 1.29 is 13.9 Å². The second-order valence-electron chi connectivity index (χ2n) is 8.96. The topological polar surface area (TPSA) is 32.8 Å². The molecule has 0 N–H and O–H groups in total. The first-order valence-electron chi connectivity index (χ1n) is 11.2. The number of rotatable bonds is 6. The van der Waals surface area contributed by atoms with E-state index in [1.54, 1.807) is 12.1 Å². The van der Waals surface area contributed by atoms with Crippen LogP contribution < -0.4 is 0 Å². The van der Waals surface area contributed by atoms with Gasteiger partial charge >= 0.3 is 6.09 Å². The van der Waals surface area contributed by atoms with Crippen molar-refractivity contribution in [3.63, 3.8) is 0 Å². The highest BCUT2D eigenvalue weighted by Crippen LogP contribution is 2.29. The lowest BCUT2D eigenvalue weighted by Gasteiger charge is -2.32. The zero-order valence-corrected chi connectivity index (χ0v) is 18.7. The molecule has 1 unspecified atom stereocenters. The number of benzene rings is 1. The monoisotopic (exact) mass is 466 g/mol. The van der Waals surface area contributed by atoms with Gasteiger partial charge in [-0.3, -0.25) is 0 Å². The van der Waals surface area contributed by atoms with Gasteiger partial charge in [-0.05, 0) is 81.3 Å². The van der Waals surface area contributed by atoms with Crippen molar-refractivity contribution in [2.75, 3.05) is 26.2 Å². The molecule has 1 aromatic carbocycles. The van der Waals surface area contributed by atoms with Crippen molar-refractivity contribution in [1.29, 1.82) is 0 Å². The van der Waals surface area contributed by atoms with Crippen LogP contribution in [0.4, 0.5) is 9.18 Å². The molecule has 6 heteroatoms. The van der Waals surface area contributed by atoms with Gasteiger partial charge in [-0.15, -0.1) is 0 Å². The number of piperidine rings is 1. The summed E-state index contributed by atoms with van der Waals surface area (Å²) in [7, 11) is 0. The van der Waals surface area contributed by atoms with Crippen LogP contribution in [0.1, 0.15) is 56.9 Å². The molecule has 1 saturated carbocycles. The van der Waals surface area contributed by atoms with Crippen molar-refractivity contribution in [2.45, 2.75) is 69.9 Å². The second-order valence-corrected chi connectivity index (χ2v) is 9.82. The minimum Gasteiger partial charge on any atom is -0.444 e. The Hall–Kier alpha value is -1.14. The van der Waals surface area contributed by atoms with E-state index in [0.717, 1.165) is 74.7 Å². The van der Waals surface area contributed by atoms with Gasteiger partial charge in [0.1, 0.15) is 11.9 Å². The summed E-state index contributed by atoms with van der Waals surface area (Å²) in [5.41, 5.74) is 1.07. The van der Waals surface area contributed by atoms with Gasteiger partial charge in [-0.1, -0.05) is 35.2 Å². The zero-order valence-electron chi connectivity index (χ0n) is 17.1. The Morgan fingerprint density at radius 3 is 2.62 bits per heavy atom. The summed E-state index contributed by atoms with van der Waals surface area (Å²) in [6.07, 6.45) is 10.1. The van der Waals surface area contributed by atoms with E-state index in [-0.39, 0.29) is 18.0 Å². The van der Waals surface area contributed by atoms with Crippen LogP contribution >= 0.6 is 15.9 Å². The molecule has 0 spiro atoms. The molecule has 2 aliphatic heterocycles. The molecule has 4 nitrogen and oxygen atoms in total. The molecule has 2 heterocycles. The van der Waals surface area contributed by atoms with Crippen LogP contribution in [0.5, 0.6) is 0 Å². The van der Waals surface area contributed by atoms with Crippen LogP contribution in [0, 0.1) is 11.7 Å². The van der Waals surface area contributed by atoms with Gasteiger partial charge in [-0.2, -0.15) is 0 Å². The van der Waals surface area contributed by atoms with Gasteiger partial charge in [-0.25, -0.2) is 9.18 Å². The van der Waals surface area contributed by atoms with Crippen molar-refractivity contribution in [3.8, 4) is 0 Å². The lowest BCUT2D eigenvalue weighted by molar-refractivity contribution is 0.110. The normalized spacial score (nSPS) is 24.8. The molecular formula is C23H32BrFN2O2. The summed E-state index contributed by atoms with van der Waals surface area (Å²) in [4.78, 5) is 16.7. The Labute approximate surface area is 181 Å². The number of carbonyl (C=O) groups is 1. The fourth-order valence-electron chi connectivity index (χ4n) is 5.13. The number of amides is 1. The average molecular weight is 467 g/mol. The molecule has 1 atom stereocenters. The van der Waals surface area contributed by atoms with Crippen LogP contribution in [-0.2, 0) is 11.2 Å². The number of likely N-dealkylation sites (tertiary alicyclic amines) is 1. The lowest BCUT2D eigenvalue weighted by atomic mass is 9.90. The zero-order chi connectivity index (χ0) is 20.2. The highest BCUT2D eigenvalue weighted by atomic mass is 79.9. The van der Waals surface area contributed by atoms with Gasteiger partial charge in [0.15, 0.2) is 0 Å². The van der Waals surface area contributed by atoms with Crippen LogP contribution in [0.2, 0.25) is 0 Å². The molecular weight excluding hydrogens is 435 g/mol. The first-order chi connectivity index (χ1) is 14.1. The minimum absolute atomic E-state index is 0.0467. The van der Waals surface area contributed by atoms with Crippen LogP contribution in [-0.4, -0.2) is 54.2 Å². The standard InChI is InChI=1S/C23H32BrFN2O2/c24-22-7-6-19(25)15-18(22)14-17-8-11-26(12-9-17)13-10-21-16-27(23(28)29-21)20-4-2-1-3-5-20/h6-7,15,17,20-21H,1-5,8-14,16H2. The Bertz CT molecular complexity index is 702. The van der Waals surface area contributed by atoms with E-state index in [0.29, 0.717) is 12.0 Å². The molecule has 160 valence electrons. The molecule has 4 rings (SSSR count). The van der Waals surface area contributed by atoms with E-state index in [1.807, 2.05) is 4.90 Å². The molecule has 2 saturated heterocycles. The number of hydrogen-bond acceptors (Lipinski definition) is 3. The highest BCUT2D eigenvalue weighted by Gasteiger charge is 2.36. The quantitative estimate of drug-likeness (QED) is 0.563. The average Bonchev–Trinajstić information content (AvgIpc) is 3.11. The fraction of sp³-hybridized carbons (Fsp3) is 0.696. The molecule has 29 heavy (non-hydrogen) atoms. The van der Waals surface area contributed by atoms with E-state index in [2.05, 4.69) is 20.8 Å². The van der Waals surface area contributed by atoms with E-state index in [9.17, 15) is 9.18 Å². The van der Waals surface area contributed by atoms with Crippen molar-refractivity contribution >= 4 is 22.0 Å². The molecule has 1 aliphatic carbocycles. The smallest absolute Gasteiger partial charge is 0.410 e. The Kier molecular flexibility index (Phi) is 7.12. The summed E-state index contributed by atoms with van der Waals surface area (Å²) in [5.74, 6) is 0.449. The molecule has 1 amide bonds. The maximum atomic E-state index is 13.5. The lowest BCUT2D eigenvalue weighted by Crippen LogP contribution is -2.38. The summed E-state index contributed by atoms with van der Waals surface area (Å²) < 4.78 is 20.2. The molecule has 3 fully saturated rings. The molecule has 3 aliphatic rings. The third-order valence-electron chi connectivity index (χ3n) is 6.91. The van der Waals surface area contributed by atoms with Crippen molar-refractivity contribution in [1.82, 2.24) is 9.80 Å². The van der Waals surface area contributed by atoms with Gasteiger partial charge in [0.05, 0.1) is 6.54 Å². The number of halogens is 2. The first-order valence-corrected chi connectivity index (χ1v) is 12.0. The number of cyclic esters (lactones) is 1. The van der Waals surface area contributed by atoms with E-state index < -0.39 is 0 Å². The largest absolute Gasteiger partial charge is 0.444 e. The highest BCUT2D eigenvalue weighted by molar-refractivity contribution is 9.10. The number of nitrogens with zero attached hydrogens (tertiary/aromatic N) is 2. The third-order valence-corrected chi connectivity index (χ3v) is 7.68. The van der Waals surface area contributed by atoms with E-state index >= 15 is 0 Å². The molecule has 0 bridgehead atoms. The Morgan fingerprint density at radius 2 is 1.86 bits per heavy atom. The molecule has 0 radical (unpaired) electrons. The van der Waals surface area contributed by atoms with Crippen LogP contribution in [0.25, 0.3) is 0 Å². The van der Waals surface area contributed by atoms with Gasteiger partial charge in [0, 0.05) is 17.1 Å². The molecule has 0 aromatic heterocycles. The number of carbonyl (C=O) groups excluding carboxylic acids is 1. The van der Waals surface area contributed by atoms with Gasteiger partial charge in [0.2, 0.25) is 0 Å². The van der Waals surface area contributed by atoms with Crippen molar-refractivity contribution in [2.24, 2.45) is 5.92 Å². The summed E-state index contributed by atoms with van der Waals surface area (Å²) in [6, 6.07) is 5.36. The number of ether oxygens (including phenoxy) is 1. The first kappa shape index (κ1) is 21.1. The second kappa shape index (κ2) is 9.78. The molecule has 1 aromatic rings. The third kappa shape index (κ3) is 5.52. The van der Waals surface area contributed by atoms with Crippen molar-refractivity contribution in [3.05, 3.63) is 34.1 Å². The summed E-state index contributed by atoms with van der Waals surface area (Å²) in [6.45, 7) is 3.91. The summed E-state index contributed by atoms with van der Waals surface area (Å²) >= 11 is 3.55. The predicted octanol–water partition coefficient (Wildman–Crippen LogP) is 5.39. The predicted molar refractivity (Wildman–Crippen MR) is 115 cm³/mol. The Balaban J connectivity index is 1.18. The van der Waals surface area contributed by atoms with Gasteiger partial charge < -0.3 is 14.5 Å². The summed E-state index contributed by atoms with van der Waals surface area (Å²) in [5, 5.41) is 0. The van der Waals surface area contributed by atoms with E-state index in [1.165, 1.54) is 25.3 Å². The van der Waals surface area contributed by atoms with E-state index in [4.69, 9.17) is 4.74 Å². The maximum Gasteiger partial charge on any atom is 0.410 e. The SMILES string of the molecule is O=C1OC(CCN2CCC(Cc3cc(F)ccc3Br)CC2)CN1C1CCCCC1. The Morgan fingerprint density at radius 1 is 1.10 bits per heavy atom. The van der Waals surface area contributed by atoms with Gasteiger partial charge in [0.25, 0.3) is 0 Å². The maximum absolute atomic E-state index is 13.5. The number of hydrogen-bond donors (Lipinski definition) is 0. The van der Waals surface area contributed by atoms with Crippen LogP contribution in [0.15, 0.2) is 22.7 Å². The minimum atomic E-state index is -0.158. The fourth-order valence-corrected chi connectivity index (χ4v) is 5.54.